The lowest BCUT2D eigenvalue weighted by molar-refractivity contribution is 0.186. The third-order valence-electron chi connectivity index (χ3n) is 3.93. The van der Waals surface area contributed by atoms with Crippen LogP contribution in [0.5, 0.6) is 0 Å². The Hall–Kier alpha value is -0.920. The molecular formula is C16H25N3S. The van der Waals surface area contributed by atoms with Gasteiger partial charge in [0.1, 0.15) is 0 Å². The molecule has 0 radical (unpaired) electrons. The number of aryl methyl sites for hydroxylation is 1. The Balaban J connectivity index is 1.92. The molecule has 0 bridgehead atoms. The number of nitriles is 1. The Kier molecular flexibility index (Phi) is 6.00. The number of piperidine rings is 1. The zero-order valence-corrected chi connectivity index (χ0v) is 13.5. The Morgan fingerprint density at radius 1 is 1.45 bits per heavy atom. The van der Waals surface area contributed by atoms with Crippen LogP contribution in [0.1, 0.15) is 48.7 Å². The molecule has 20 heavy (non-hydrogen) atoms. The van der Waals surface area contributed by atoms with Crippen molar-refractivity contribution in [2.75, 3.05) is 19.6 Å². The van der Waals surface area contributed by atoms with Gasteiger partial charge in [0.25, 0.3) is 0 Å². The van der Waals surface area contributed by atoms with Crippen LogP contribution < -0.4 is 0 Å². The zero-order valence-electron chi connectivity index (χ0n) is 12.7. The second kappa shape index (κ2) is 7.75. The molecule has 0 aliphatic carbocycles. The van der Waals surface area contributed by atoms with E-state index in [2.05, 4.69) is 24.8 Å². The molecule has 2 rings (SSSR count). The zero-order chi connectivity index (χ0) is 14.4. The molecule has 2 heterocycles. The van der Waals surface area contributed by atoms with Crippen LogP contribution in [0.25, 0.3) is 0 Å². The first-order chi connectivity index (χ1) is 9.72. The van der Waals surface area contributed by atoms with E-state index in [4.69, 9.17) is 10.2 Å². The first-order valence-electron chi connectivity index (χ1n) is 7.79. The summed E-state index contributed by atoms with van der Waals surface area (Å²) in [6.45, 7) is 8.11. The number of rotatable bonds is 6. The fraction of sp³-hybridized carbons (Fsp3) is 0.750. The fourth-order valence-electron chi connectivity index (χ4n) is 2.93. The fourth-order valence-corrected chi connectivity index (χ4v) is 3.97. The van der Waals surface area contributed by atoms with Crippen LogP contribution in [0.15, 0.2) is 0 Å². The molecule has 3 nitrogen and oxygen atoms in total. The van der Waals surface area contributed by atoms with Gasteiger partial charge in [0.05, 0.1) is 23.2 Å². The smallest absolute Gasteiger partial charge is 0.0944 e. The number of aromatic nitrogens is 1. The monoisotopic (exact) mass is 291 g/mol. The summed E-state index contributed by atoms with van der Waals surface area (Å²) in [5.41, 5.74) is 1.17. The van der Waals surface area contributed by atoms with Crippen molar-refractivity contribution in [3.8, 4) is 6.07 Å². The summed E-state index contributed by atoms with van der Waals surface area (Å²) in [6, 6.07) is 2.27. The standard InChI is InChI=1S/C16H25N3S/c1-3-5-14-15(7-9-17)20-16(18-14)8-11-19-10-4-6-13(2)12-19/h13H,3-8,10-12H2,1-2H3. The molecule has 0 amide bonds. The Labute approximate surface area is 126 Å². The molecule has 1 aromatic rings. The van der Waals surface area contributed by atoms with Gasteiger partial charge in [-0.15, -0.1) is 11.3 Å². The average Bonchev–Trinajstić information content (AvgIpc) is 2.80. The Morgan fingerprint density at radius 2 is 2.30 bits per heavy atom. The van der Waals surface area contributed by atoms with Gasteiger partial charge in [-0.3, -0.25) is 0 Å². The third kappa shape index (κ3) is 4.29. The van der Waals surface area contributed by atoms with Crippen molar-refractivity contribution in [2.24, 2.45) is 5.92 Å². The average molecular weight is 291 g/mol. The van der Waals surface area contributed by atoms with Gasteiger partial charge in [0, 0.05) is 24.4 Å². The van der Waals surface area contributed by atoms with Crippen molar-refractivity contribution < 1.29 is 0 Å². The van der Waals surface area contributed by atoms with Crippen LogP contribution >= 0.6 is 11.3 Å². The van der Waals surface area contributed by atoms with Gasteiger partial charge in [-0.2, -0.15) is 5.26 Å². The minimum Gasteiger partial charge on any atom is -0.303 e. The van der Waals surface area contributed by atoms with Crippen molar-refractivity contribution in [2.45, 2.75) is 52.4 Å². The van der Waals surface area contributed by atoms with E-state index < -0.39 is 0 Å². The van der Waals surface area contributed by atoms with Gasteiger partial charge in [0.2, 0.25) is 0 Å². The molecule has 1 unspecified atom stereocenters. The molecule has 0 spiro atoms. The Bertz CT molecular complexity index is 461. The van der Waals surface area contributed by atoms with Crippen molar-refractivity contribution in [3.05, 3.63) is 15.6 Å². The van der Waals surface area contributed by atoms with E-state index in [0.29, 0.717) is 6.42 Å². The van der Waals surface area contributed by atoms with E-state index >= 15 is 0 Å². The lowest BCUT2D eigenvalue weighted by atomic mass is 10.0. The molecule has 1 aromatic heterocycles. The van der Waals surface area contributed by atoms with Gasteiger partial charge in [0.15, 0.2) is 0 Å². The lowest BCUT2D eigenvalue weighted by Gasteiger charge is -2.30. The molecule has 0 saturated carbocycles. The molecule has 110 valence electrons. The second-order valence-electron chi connectivity index (χ2n) is 5.86. The molecule has 0 aromatic carbocycles. The number of nitrogens with zero attached hydrogens (tertiary/aromatic N) is 3. The highest BCUT2D eigenvalue weighted by Gasteiger charge is 2.17. The van der Waals surface area contributed by atoms with Crippen molar-refractivity contribution in [1.29, 1.82) is 5.26 Å². The summed E-state index contributed by atoms with van der Waals surface area (Å²) in [5.74, 6) is 0.838. The second-order valence-corrected chi connectivity index (χ2v) is 7.03. The molecule has 1 atom stereocenters. The van der Waals surface area contributed by atoms with Crippen LogP contribution in [-0.4, -0.2) is 29.5 Å². The van der Waals surface area contributed by atoms with E-state index in [-0.39, 0.29) is 0 Å². The van der Waals surface area contributed by atoms with Crippen LogP contribution in [0.3, 0.4) is 0 Å². The van der Waals surface area contributed by atoms with Crippen molar-refractivity contribution in [1.82, 2.24) is 9.88 Å². The number of hydrogen-bond acceptors (Lipinski definition) is 4. The van der Waals surface area contributed by atoms with E-state index in [9.17, 15) is 0 Å². The highest BCUT2D eigenvalue weighted by Crippen LogP contribution is 2.22. The largest absolute Gasteiger partial charge is 0.303 e. The van der Waals surface area contributed by atoms with Gasteiger partial charge in [-0.05, 0) is 31.7 Å². The van der Waals surface area contributed by atoms with Gasteiger partial charge < -0.3 is 4.90 Å². The first kappa shape index (κ1) is 15.5. The maximum absolute atomic E-state index is 8.91. The summed E-state index contributed by atoms with van der Waals surface area (Å²) in [7, 11) is 0. The van der Waals surface area contributed by atoms with Crippen molar-refractivity contribution in [3.63, 3.8) is 0 Å². The van der Waals surface area contributed by atoms with Gasteiger partial charge >= 0.3 is 0 Å². The van der Waals surface area contributed by atoms with Gasteiger partial charge in [-0.25, -0.2) is 4.98 Å². The molecule has 4 heteroatoms. The van der Waals surface area contributed by atoms with E-state index in [1.807, 2.05) is 0 Å². The highest BCUT2D eigenvalue weighted by atomic mass is 32.1. The summed E-state index contributed by atoms with van der Waals surface area (Å²) in [5, 5.41) is 10.1. The summed E-state index contributed by atoms with van der Waals surface area (Å²) < 4.78 is 0. The molecule has 1 aliphatic heterocycles. The maximum atomic E-state index is 8.91. The minimum absolute atomic E-state index is 0.522. The first-order valence-corrected chi connectivity index (χ1v) is 8.61. The molecule has 1 aliphatic rings. The van der Waals surface area contributed by atoms with E-state index in [1.54, 1.807) is 11.3 Å². The van der Waals surface area contributed by atoms with Crippen LogP contribution in [0.2, 0.25) is 0 Å². The molecule has 1 fully saturated rings. The van der Waals surface area contributed by atoms with Crippen LogP contribution in [-0.2, 0) is 19.3 Å². The van der Waals surface area contributed by atoms with Gasteiger partial charge in [-0.1, -0.05) is 20.3 Å². The summed E-state index contributed by atoms with van der Waals surface area (Å²) in [4.78, 5) is 8.52. The highest BCUT2D eigenvalue weighted by molar-refractivity contribution is 7.11. The Morgan fingerprint density at radius 3 is 3.00 bits per heavy atom. The molecular weight excluding hydrogens is 266 g/mol. The molecule has 0 N–H and O–H groups in total. The van der Waals surface area contributed by atoms with Crippen LogP contribution in [0.4, 0.5) is 0 Å². The summed E-state index contributed by atoms with van der Waals surface area (Å²) in [6.07, 6.45) is 6.38. The van der Waals surface area contributed by atoms with E-state index in [1.165, 1.54) is 41.5 Å². The van der Waals surface area contributed by atoms with Crippen molar-refractivity contribution >= 4 is 11.3 Å². The predicted octanol–water partition coefficient (Wildman–Crippen LogP) is 3.44. The number of likely N-dealkylation sites (tertiary alicyclic amines) is 1. The van der Waals surface area contributed by atoms with Crippen LogP contribution in [0, 0.1) is 17.2 Å². The lowest BCUT2D eigenvalue weighted by Crippen LogP contribution is -2.35. The topological polar surface area (TPSA) is 39.9 Å². The quantitative estimate of drug-likeness (QED) is 0.806. The predicted molar refractivity (Wildman–Crippen MR) is 84.0 cm³/mol. The minimum atomic E-state index is 0.522. The summed E-state index contributed by atoms with van der Waals surface area (Å²) >= 11 is 1.75. The normalized spacial score (nSPS) is 19.9. The SMILES string of the molecule is CCCc1nc(CCN2CCCC(C)C2)sc1CC#N. The third-order valence-corrected chi connectivity index (χ3v) is 5.09. The number of thiazole rings is 1. The maximum Gasteiger partial charge on any atom is 0.0944 e. The van der Waals surface area contributed by atoms with E-state index in [0.717, 1.165) is 31.7 Å². The molecule has 1 saturated heterocycles. The number of hydrogen-bond donors (Lipinski definition) is 0.